The van der Waals surface area contributed by atoms with E-state index in [1.54, 1.807) is 0 Å². The van der Waals surface area contributed by atoms with Gasteiger partial charge in [-0.2, -0.15) is 0 Å². The topological polar surface area (TPSA) is 20.2 Å². The molecule has 84 valence electrons. The SMILES string of the molecule is CCCc1ccc(O)c(CC)c1CCC. The minimum Gasteiger partial charge on any atom is -0.508 e. The monoisotopic (exact) mass is 206 g/mol. The van der Waals surface area contributed by atoms with Crippen molar-refractivity contribution in [2.24, 2.45) is 0 Å². The second-order valence-corrected chi connectivity index (χ2v) is 4.05. The number of benzene rings is 1. The van der Waals surface area contributed by atoms with E-state index in [0.29, 0.717) is 5.75 Å². The number of phenolic OH excluding ortho intramolecular Hbond substituents is 1. The third-order valence-corrected chi connectivity index (χ3v) is 2.88. The van der Waals surface area contributed by atoms with Crippen LogP contribution >= 0.6 is 0 Å². The number of rotatable bonds is 5. The van der Waals surface area contributed by atoms with Gasteiger partial charge in [-0.05, 0) is 42.0 Å². The van der Waals surface area contributed by atoms with Crippen molar-refractivity contribution in [2.75, 3.05) is 0 Å². The van der Waals surface area contributed by atoms with E-state index in [0.717, 1.165) is 31.2 Å². The summed E-state index contributed by atoms with van der Waals surface area (Å²) in [6.45, 7) is 6.51. The highest BCUT2D eigenvalue weighted by Gasteiger charge is 2.10. The molecule has 0 aliphatic rings. The first-order valence-corrected chi connectivity index (χ1v) is 6.07. The van der Waals surface area contributed by atoms with Crippen molar-refractivity contribution in [3.8, 4) is 5.75 Å². The van der Waals surface area contributed by atoms with Gasteiger partial charge in [0.1, 0.15) is 5.75 Å². The van der Waals surface area contributed by atoms with Crippen LogP contribution in [0.1, 0.15) is 50.3 Å². The second kappa shape index (κ2) is 5.79. The predicted octanol–water partition coefficient (Wildman–Crippen LogP) is 3.86. The highest BCUT2D eigenvalue weighted by molar-refractivity contribution is 5.44. The lowest BCUT2D eigenvalue weighted by Crippen LogP contribution is -2.00. The Morgan fingerprint density at radius 2 is 1.60 bits per heavy atom. The van der Waals surface area contributed by atoms with Crippen LogP contribution in [0.5, 0.6) is 5.75 Å². The van der Waals surface area contributed by atoms with E-state index in [9.17, 15) is 5.11 Å². The maximum absolute atomic E-state index is 9.81. The van der Waals surface area contributed by atoms with Crippen molar-refractivity contribution >= 4 is 0 Å². The van der Waals surface area contributed by atoms with Crippen LogP contribution in [0, 0.1) is 0 Å². The van der Waals surface area contributed by atoms with Crippen molar-refractivity contribution in [1.29, 1.82) is 0 Å². The fourth-order valence-corrected chi connectivity index (χ4v) is 2.19. The average molecular weight is 206 g/mol. The van der Waals surface area contributed by atoms with Crippen LogP contribution in [0.4, 0.5) is 0 Å². The quantitative estimate of drug-likeness (QED) is 0.775. The van der Waals surface area contributed by atoms with Crippen molar-refractivity contribution in [3.63, 3.8) is 0 Å². The second-order valence-electron chi connectivity index (χ2n) is 4.05. The molecule has 0 heterocycles. The van der Waals surface area contributed by atoms with Gasteiger partial charge in [0.05, 0.1) is 0 Å². The van der Waals surface area contributed by atoms with E-state index < -0.39 is 0 Å². The van der Waals surface area contributed by atoms with Crippen LogP contribution in [0.3, 0.4) is 0 Å². The number of aryl methyl sites for hydroxylation is 1. The summed E-state index contributed by atoms with van der Waals surface area (Å²) in [5, 5.41) is 9.81. The Bertz CT molecular complexity index is 315. The first-order valence-electron chi connectivity index (χ1n) is 6.07. The summed E-state index contributed by atoms with van der Waals surface area (Å²) in [7, 11) is 0. The number of phenols is 1. The molecule has 1 aromatic rings. The first-order chi connectivity index (χ1) is 7.24. The zero-order valence-electron chi connectivity index (χ0n) is 10.1. The lowest BCUT2D eigenvalue weighted by atomic mass is 9.92. The van der Waals surface area contributed by atoms with Crippen molar-refractivity contribution < 1.29 is 5.11 Å². The lowest BCUT2D eigenvalue weighted by molar-refractivity contribution is 0.467. The van der Waals surface area contributed by atoms with E-state index in [1.165, 1.54) is 17.5 Å². The van der Waals surface area contributed by atoms with Gasteiger partial charge in [-0.1, -0.05) is 39.7 Å². The van der Waals surface area contributed by atoms with Gasteiger partial charge in [0.25, 0.3) is 0 Å². The van der Waals surface area contributed by atoms with Gasteiger partial charge in [-0.15, -0.1) is 0 Å². The number of aromatic hydroxyl groups is 1. The summed E-state index contributed by atoms with van der Waals surface area (Å²) >= 11 is 0. The molecule has 0 aliphatic heterocycles. The molecule has 0 radical (unpaired) electrons. The Balaban J connectivity index is 3.15. The highest BCUT2D eigenvalue weighted by atomic mass is 16.3. The molecule has 0 spiro atoms. The molecule has 0 saturated heterocycles. The summed E-state index contributed by atoms with van der Waals surface area (Å²) in [4.78, 5) is 0. The molecule has 1 heteroatoms. The normalized spacial score (nSPS) is 10.6. The van der Waals surface area contributed by atoms with Gasteiger partial charge >= 0.3 is 0 Å². The minimum atomic E-state index is 0.473. The molecular weight excluding hydrogens is 184 g/mol. The van der Waals surface area contributed by atoms with Gasteiger partial charge in [0, 0.05) is 0 Å². The summed E-state index contributed by atoms with van der Waals surface area (Å²) in [6, 6.07) is 3.94. The van der Waals surface area contributed by atoms with Gasteiger partial charge in [0.15, 0.2) is 0 Å². The Morgan fingerprint density at radius 1 is 0.933 bits per heavy atom. The summed E-state index contributed by atoms with van der Waals surface area (Å²) in [5.74, 6) is 0.473. The number of hydrogen-bond donors (Lipinski definition) is 1. The molecule has 0 unspecified atom stereocenters. The maximum Gasteiger partial charge on any atom is 0.119 e. The Hall–Kier alpha value is -0.980. The van der Waals surface area contributed by atoms with Gasteiger partial charge < -0.3 is 5.11 Å². The summed E-state index contributed by atoms with van der Waals surface area (Å²) in [5.41, 5.74) is 3.97. The Labute approximate surface area is 93.1 Å². The van der Waals surface area contributed by atoms with E-state index in [4.69, 9.17) is 0 Å². The molecule has 1 aromatic carbocycles. The standard InChI is InChI=1S/C14H22O/c1-4-7-11-9-10-14(15)12(6-3)13(11)8-5-2/h9-10,15H,4-8H2,1-3H3. The average Bonchev–Trinajstić information content (AvgIpc) is 2.23. The van der Waals surface area contributed by atoms with Gasteiger partial charge in [-0.25, -0.2) is 0 Å². The molecule has 0 amide bonds. The third-order valence-electron chi connectivity index (χ3n) is 2.88. The van der Waals surface area contributed by atoms with Crippen LogP contribution in [-0.4, -0.2) is 5.11 Å². The molecule has 1 nitrogen and oxygen atoms in total. The molecule has 15 heavy (non-hydrogen) atoms. The summed E-state index contributed by atoms with van der Waals surface area (Å²) < 4.78 is 0. The molecule has 0 bridgehead atoms. The first kappa shape index (κ1) is 12.1. The van der Waals surface area contributed by atoms with Crippen molar-refractivity contribution in [1.82, 2.24) is 0 Å². The molecule has 0 saturated carbocycles. The predicted molar refractivity (Wildman–Crippen MR) is 65.5 cm³/mol. The highest BCUT2D eigenvalue weighted by Crippen LogP contribution is 2.27. The van der Waals surface area contributed by atoms with Crippen LogP contribution in [0.2, 0.25) is 0 Å². The minimum absolute atomic E-state index is 0.473. The van der Waals surface area contributed by atoms with Gasteiger partial charge in [-0.3, -0.25) is 0 Å². The van der Waals surface area contributed by atoms with Crippen molar-refractivity contribution in [3.05, 3.63) is 28.8 Å². The van der Waals surface area contributed by atoms with Gasteiger partial charge in [0.2, 0.25) is 0 Å². The largest absolute Gasteiger partial charge is 0.508 e. The van der Waals surface area contributed by atoms with Crippen LogP contribution in [0.25, 0.3) is 0 Å². The smallest absolute Gasteiger partial charge is 0.119 e. The number of hydrogen-bond acceptors (Lipinski definition) is 1. The van der Waals surface area contributed by atoms with E-state index >= 15 is 0 Å². The van der Waals surface area contributed by atoms with Crippen LogP contribution < -0.4 is 0 Å². The molecule has 1 rings (SSSR count). The molecule has 0 atom stereocenters. The van der Waals surface area contributed by atoms with Crippen LogP contribution in [-0.2, 0) is 19.3 Å². The Morgan fingerprint density at radius 3 is 2.13 bits per heavy atom. The maximum atomic E-state index is 9.81. The third kappa shape index (κ3) is 2.74. The Kier molecular flexibility index (Phi) is 4.67. The molecule has 0 aromatic heterocycles. The summed E-state index contributed by atoms with van der Waals surface area (Å²) in [6.07, 6.45) is 5.46. The van der Waals surface area contributed by atoms with E-state index in [1.807, 2.05) is 6.07 Å². The molecule has 0 fully saturated rings. The molecule has 1 N–H and O–H groups in total. The van der Waals surface area contributed by atoms with E-state index in [-0.39, 0.29) is 0 Å². The zero-order chi connectivity index (χ0) is 11.3. The fourth-order valence-electron chi connectivity index (χ4n) is 2.19. The lowest BCUT2D eigenvalue weighted by Gasteiger charge is -2.14. The molecular formula is C14H22O. The fraction of sp³-hybridized carbons (Fsp3) is 0.571. The zero-order valence-corrected chi connectivity index (χ0v) is 10.1. The van der Waals surface area contributed by atoms with Crippen molar-refractivity contribution in [2.45, 2.75) is 52.9 Å². The van der Waals surface area contributed by atoms with E-state index in [2.05, 4.69) is 26.8 Å². The molecule has 0 aliphatic carbocycles. The van der Waals surface area contributed by atoms with Crippen LogP contribution in [0.15, 0.2) is 12.1 Å².